The smallest absolute Gasteiger partial charge is 0.258 e. The molecule has 6 nitrogen and oxygen atoms in total. The average molecular weight is 522 g/mol. The first-order valence-electron chi connectivity index (χ1n) is 11.0. The Morgan fingerprint density at radius 3 is 2.57 bits per heavy atom. The molecular weight excluding hydrogens is 501 g/mol. The molecule has 5 rings (SSSR count). The van der Waals surface area contributed by atoms with Crippen LogP contribution in [0.4, 0.5) is 0 Å². The van der Waals surface area contributed by atoms with E-state index >= 15 is 0 Å². The summed E-state index contributed by atoms with van der Waals surface area (Å²) in [5.41, 5.74) is 3.35. The van der Waals surface area contributed by atoms with Crippen LogP contribution >= 0.6 is 35.0 Å². The van der Waals surface area contributed by atoms with Gasteiger partial charge in [0.05, 0.1) is 27.4 Å². The minimum atomic E-state index is -0.161. The maximum absolute atomic E-state index is 12.5. The number of hydrogen-bond donors (Lipinski definition) is 1. The number of para-hydroxylation sites is 2. The molecular formula is C26H21Cl2N5OS. The molecule has 0 saturated heterocycles. The van der Waals surface area contributed by atoms with Crippen LogP contribution in [0.1, 0.15) is 31.2 Å². The summed E-state index contributed by atoms with van der Waals surface area (Å²) in [5.74, 6) is 1.87. The minimum Gasteiger partial charge on any atom is -0.309 e. The monoisotopic (exact) mass is 521 g/mol. The Kier molecular flexibility index (Phi) is 6.65. The predicted molar refractivity (Wildman–Crippen MR) is 143 cm³/mol. The van der Waals surface area contributed by atoms with Crippen LogP contribution < -0.4 is 5.56 Å². The van der Waals surface area contributed by atoms with Gasteiger partial charge in [0, 0.05) is 10.6 Å². The first-order chi connectivity index (χ1) is 16.9. The number of aromatic amines is 1. The Morgan fingerprint density at radius 1 is 1.00 bits per heavy atom. The summed E-state index contributed by atoms with van der Waals surface area (Å²) in [6, 6.07) is 20.8. The third kappa shape index (κ3) is 4.72. The fraction of sp³-hybridized carbons (Fsp3) is 0.154. The first kappa shape index (κ1) is 23.6. The molecule has 0 aliphatic rings. The molecule has 0 radical (unpaired) electrons. The molecule has 0 fully saturated rings. The molecule has 3 aromatic carbocycles. The SMILES string of the molecule is CC(C)c1ccccc1-n1c(SCc2nc3ccccc3c(=O)[nH]2)nnc1-c1ccc(Cl)cc1Cl. The number of hydrogen-bond acceptors (Lipinski definition) is 5. The van der Waals surface area contributed by atoms with Gasteiger partial charge in [0.1, 0.15) is 5.82 Å². The fourth-order valence-corrected chi connectivity index (χ4v) is 5.25. The van der Waals surface area contributed by atoms with Crippen molar-refractivity contribution in [2.24, 2.45) is 0 Å². The Morgan fingerprint density at radius 2 is 1.77 bits per heavy atom. The second kappa shape index (κ2) is 9.85. The molecule has 35 heavy (non-hydrogen) atoms. The summed E-state index contributed by atoms with van der Waals surface area (Å²) in [6.45, 7) is 4.30. The summed E-state index contributed by atoms with van der Waals surface area (Å²) < 4.78 is 2.01. The molecule has 0 saturated carbocycles. The predicted octanol–water partition coefficient (Wildman–Crippen LogP) is 6.89. The Bertz CT molecular complexity index is 1590. The van der Waals surface area contributed by atoms with Crippen LogP contribution in [0, 0.1) is 0 Å². The highest BCUT2D eigenvalue weighted by molar-refractivity contribution is 7.98. The number of thioether (sulfide) groups is 1. The van der Waals surface area contributed by atoms with Crippen LogP contribution in [0.2, 0.25) is 10.0 Å². The number of nitrogens with one attached hydrogen (secondary N) is 1. The van der Waals surface area contributed by atoms with Gasteiger partial charge in [-0.05, 0) is 47.9 Å². The van der Waals surface area contributed by atoms with Gasteiger partial charge in [-0.3, -0.25) is 9.36 Å². The standard InChI is InChI=1S/C26H21Cl2N5OS/c1-15(2)17-7-4-6-10-22(17)33-24(18-12-11-16(27)13-20(18)28)31-32-26(33)35-14-23-29-21-9-5-3-8-19(21)25(34)30-23/h3-13,15H,14H2,1-2H3,(H,29,30,34). The molecule has 9 heteroatoms. The molecule has 176 valence electrons. The Labute approximate surface area is 216 Å². The van der Waals surface area contributed by atoms with Gasteiger partial charge >= 0.3 is 0 Å². The molecule has 0 aliphatic heterocycles. The van der Waals surface area contributed by atoms with Gasteiger partial charge < -0.3 is 4.98 Å². The molecule has 1 N–H and O–H groups in total. The zero-order valence-corrected chi connectivity index (χ0v) is 21.3. The lowest BCUT2D eigenvalue weighted by molar-refractivity contribution is 0.818. The largest absolute Gasteiger partial charge is 0.309 e. The first-order valence-corrected chi connectivity index (χ1v) is 12.8. The topological polar surface area (TPSA) is 76.5 Å². The van der Waals surface area contributed by atoms with Crippen molar-refractivity contribution < 1.29 is 0 Å². The van der Waals surface area contributed by atoms with E-state index in [0.717, 1.165) is 16.8 Å². The Hall–Kier alpha value is -3.13. The van der Waals surface area contributed by atoms with Crippen LogP contribution in [-0.2, 0) is 5.75 Å². The number of H-pyrrole nitrogens is 1. The van der Waals surface area contributed by atoms with Crippen LogP contribution in [0.15, 0.2) is 76.7 Å². The third-order valence-corrected chi connectivity index (χ3v) is 7.09. The molecule has 0 unspecified atom stereocenters. The number of rotatable bonds is 6. The molecule has 2 aromatic heterocycles. The van der Waals surface area contributed by atoms with Crippen molar-refractivity contribution in [2.45, 2.75) is 30.7 Å². The zero-order valence-electron chi connectivity index (χ0n) is 19.0. The van der Waals surface area contributed by atoms with Crippen molar-refractivity contribution in [1.82, 2.24) is 24.7 Å². The molecule has 5 aromatic rings. The highest BCUT2D eigenvalue weighted by Gasteiger charge is 2.21. The molecule has 2 heterocycles. The van der Waals surface area contributed by atoms with Gasteiger partial charge in [-0.25, -0.2) is 4.98 Å². The molecule has 0 amide bonds. The van der Waals surface area contributed by atoms with E-state index in [1.165, 1.54) is 11.8 Å². The van der Waals surface area contributed by atoms with Gasteiger partial charge in [-0.15, -0.1) is 10.2 Å². The van der Waals surface area contributed by atoms with Gasteiger partial charge in [0.15, 0.2) is 11.0 Å². The van der Waals surface area contributed by atoms with Crippen molar-refractivity contribution >= 4 is 45.9 Å². The maximum atomic E-state index is 12.5. The lowest BCUT2D eigenvalue weighted by atomic mass is 10.0. The van der Waals surface area contributed by atoms with Crippen LogP contribution in [0.25, 0.3) is 28.0 Å². The van der Waals surface area contributed by atoms with Crippen molar-refractivity contribution in [3.63, 3.8) is 0 Å². The summed E-state index contributed by atoms with van der Waals surface area (Å²) in [6.07, 6.45) is 0. The zero-order chi connectivity index (χ0) is 24.5. The van der Waals surface area contributed by atoms with Crippen LogP contribution in [0.5, 0.6) is 0 Å². The van der Waals surface area contributed by atoms with Crippen molar-refractivity contribution in [3.8, 4) is 17.1 Å². The summed E-state index contributed by atoms with van der Waals surface area (Å²) in [4.78, 5) is 20.0. The van der Waals surface area contributed by atoms with E-state index in [0.29, 0.717) is 43.5 Å². The molecule has 0 aliphatic carbocycles. The second-order valence-corrected chi connectivity index (χ2v) is 10.1. The highest BCUT2D eigenvalue weighted by atomic mass is 35.5. The second-order valence-electron chi connectivity index (χ2n) is 8.30. The van der Waals surface area contributed by atoms with Crippen molar-refractivity contribution in [1.29, 1.82) is 0 Å². The highest BCUT2D eigenvalue weighted by Crippen LogP contribution is 2.36. The van der Waals surface area contributed by atoms with E-state index in [2.05, 4.69) is 40.1 Å². The van der Waals surface area contributed by atoms with E-state index in [-0.39, 0.29) is 11.5 Å². The Balaban J connectivity index is 1.60. The van der Waals surface area contributed by atoms with Gasteiger partial charge in [0.25, 0.3) is 5.56 Å². The number of nitrogens with zero attached hydrogens (tertiary/aromatic N) is 4. The van der Waals surface area contributed by atoms with Gasteiger partial charge in [-0.1, -0.05) is 79.1 Å². The average Bonchev–Trinajstić information content (AvgIpc) is 3.26. The van der Waals surface area contributed by atoms with Crippen molar-refractivity contribution in [2.75, 3.05) is 0 Å². The van der Waals surface area contributed by atoms with Crippen molar-refractivity contribution in [3.05, 3.63) is 98.5 Å². The van der Waals surface area contributed by atoms with E-state index in [4.69, 9.17) is 23.2 Å². The van der Waals surface area contributed by atoms with Crippen LogP contribution in [-0.4, -0.2) is 24.7 Å². The normalized spacial score (nSPS) is 11.5. The van der Waals surface area contributed by atoms with Crippen LogP contribution in [0.3, 0.4) is 0 Å². The number of aromatic nitrogens is 5. The molecule has 0 spiro atoms. The molecule has 0 bridgehead atoms. The quantitative estimate of drug-likeness (QED) is 0.246. The number of halogens is 2. The minimum absolute atomic E-state index is 0.161. The summed E-state index contributed by atoms with van der Waals surface area (Å²) in [7, 11) is 0. The lowest BCUT2D eigenvalue weighted by Gasteiger charge is -2.17. The number of fused-ring (bicyclic) bond motifs is 1. The van der Waals surface area contributed by atoms with E-state index in [1.807, 2.05) is 47.0 Å². The van der Waals surface area contributed by atoms with Gasteiger partial charge in [0.2, 0.25) is 0 Å². The van der Waals surface area contributed by atoms with E-state index in [1.54, 1.807) is 18.2 Å². The molecule has 0 atom stereocenters. The van der Waals surface area contributed by atoms with Gasteiger partial charge in [-0.2, -0.15) is 0 Å². The number of benzene rings is 3. The van der Waals surface area contributed by atoms with E-state index in [9.17, 15) is 4.79 Å². The fourth-order valence-electron chi connectivity index (χ4n) is 3.94. The third-order valence-electron chi connectivity index (χ3n) is 5.60. The maximum Gasteiger partial charge on any atom is 0.258 e. The summed E-state index contributed by atoms with van der Waals surface area (Å²) >= 11 is 14.1. The summed E-state index contributed by atoms with van der Waals surface area (Å²) in [5, 5.41) is 11.3. The van der Waals surface area contributed by atoms with E-state index < -0.39 is 0 Å². The lowest BCUT2D eigenvalue weighted by Crippen LogP contribution is -2.11.